The van der Waals surface area contributed by atoms with Crippen LogP contribution in [-0.4, -0.2) is 42.0 Å². The van der Waals surface area contributed by atoms with E-state index < -0.39 is 7.25 Å². The van der Waals surface area contributed by atoms with Gasteiger partial charge in [-0.15, -0.1) is 0 Å². The summed E-state index contributed by atoms with van der Waals surface area (Å²) in [5, 5.41) is 0. The van der Waals surface area contributed by atoms with Gasteiger partial charge in [-0.25, -0.2) is 0 Å². The van der Waals surface area contributed by atoms with E-state index in [2.05, 4.69) is 18.7 Å². The number of thioether (sulfide) groups is 1. The van der Waals surface area contributed by atoms with Gasteiger partial charge in [0, 0.05) is 0 Å². The number of hydrogen-bond donors (Lipinski definition) is 0. The van der Waals surface area contributed by atoms with Crippen LogP contribution in [0.2, 0.25) is 0 Å². The van der Waals surface area contributed by atoms with E-state index >= 15 is 0 Å². The number of aryl methyl sites for hydroxylation is 2. The van der Waals surface area contributed by atoms with Gasteiger partial charge in [-0.1, -0.05) is 0 Å². The Labute approximate surface area is 108 Å². The molecule has 0 amide bonds. The molecule has 1 aliphatic carbocycles. The number of rotatable bonds is 2. The van der Waals surface area contributed by atoms with Gasteiger partial charge < -0.3 is 17.3 Å². The minimum Gasteiger partial charge on any atom is -0.418 e. The Hall–Kier alpha value is 0.784. The van der Waals surface area contributed by atoms with Crippen molar-refractivity contribution in [1.29, 1.82) is 0 Å². The molecule has 0 saturated heterocycles. The molecule has 0 aromatic carbocycles. The summed E-state index contributed by atoms with van der Waals surface area (Å²) in [6, 6.07) is 0. The van der Waals surface area contributed by atoms with Gasteiger partial charge in [0.1, 0.15) is 0 Å². The first kappa shape index (κ1) is 14.8. The van der Waals surface area contributed by atoms with Crippen LogP contribution >= 0.6 is 11.8 Å². The van der Waals surface area contributed by atoms with Crippen molar-refractivity contribution < 1.29 is 17.3 Å². The van der Waals surface area contributed by atoms with Gasteiger partial charge in [0.25, 0.3) is 0 Å². The van der Waals surface area contributed by atoms with Crippen LogP contribution in [0.1, 0.15) is 22.2 Å². The zero-order chi connectivity index (χ0) is 12.2. The predicted molar refractivity (Wildman–Crippen MR) is 63.3 cm³/mol. The Bertz CT molecular complexity index is 312. The van der Waals surface area contributed by atoms with Gasteiger partial charge in [-0.3, -0.25) is 0 Å². The summed E-state index contributed by atoms with van der Waals surface area (Å²) in [5.74, 6) is 1.29. The molecule has 0 unspecified atom stereocenters. The second-order valence-corrected chi connectivity index (χ2v) is 11.5. The third kappa shape index (κ3) is 5.92. The molecule has 0 bridgehead atoms. The number of hydrogen-bond acceptors (Lipinski definition) is 1. The van der Waals surface area contributed by atoms with Crippen molar-refractivity contribution >= 4 is 48.0 Å². The zero-order valence-electron chi connectivity index (χ0n) is 8.64. The van der Waals surface area contributed by atoms with E-state index in [4.69, 9.17) is 0 Å². The first-order valence-electron chi connectivity index (χ1n) is 4.85. The van der Waals surface area contributed by atoms with Crippen LogP contribution in [0.25, 0.3) is 0 Å². The quantitative estimate of drug-likeness (QED) is 0.430. The van der Waals surface area contributed by atoms with Gasteiger partial charge in [-0.05, 0) is 0 Å². The maximum absolute atomic E-state index is 9.75. The van der Waals surface area contributed by atoms with Crippen LogP contribution in [0.15, 0.2) is 2.64 Å². The van der Waals surface area contributed by atoms with Crippen LogP contribution in [0, 0.1) is 0 Å². The molecule has 0 fully saturated rings. The van der Waals surface area contributed by atoms with Crippen LogP contribution in [-0.2, 0) is 12.8 Å². The summed E-state index contributed by atoms with van der Waals surface area (Å²) >= 11 is 3.78. The molecule has 0 atom stereocenters. The minimum atomic E-state index is -6.00. The summed E-state index contributed by atoms with van der Waals surface area (Å²) in [6.45, 7) is 2.27. The Balaban J connectivity index is 0.000000221. The molecule has 2 rings (SSSR count). The molecule has 0 nitrogen and oxygen atoms in total. The fourth-order valence-corrected chi connectivity index (χ4v) is 11.4. The fourth-order valence-electron chi connectivity index (χ4n) is 1.30. The van der Waals surface area contributed by atoms with Crippen molar-refractivity contribution in [3.63, 3.8) is 0 Å². The van der Waals surface area contributed by atoms with E-state index in [1.54, 1.807) is 0 Å². The van der Waals surface area contributed by atoms with Crippen molar-refractivity contribution in [2.45, 2.75) is 28.8 Å². The third-order valence-electron chi connectivity index (χ3n) is 1.79. The molecule has 1 aromatic heterocycles. The molecule has 8 heteroatoms. The third-order valence-corrected chi connectivity index (χ3v) is 10.8. The second-order valence-electron chi connectivity index (χ2n) is 3.08. The Morgan fingerprint density at radius 3 is 2.44 bits per heavy atom. The van der Waals surface area contributed by atoms with Gasteiger partial charge in [-0.2, -0.15) is 0 Å². The van der Waals surface area contributed by atoms with Gasteiger partial charge in [0.05, 0.1) is 0 Å². The van der Waals surface area contributed by atoms with E-state index in [1.807, 2.05) is 11.5 Å². The standard InChI is InChI=1S/C8H11SSe2.BF4/c1-2-9-8-10-6-4-3-5-7(6)11-8;2-1(3,4)5/h2-5H2,1H3;/q+1;-1. The molecule has 16 heavy (non-hydrogen) atoms. The molecule has 0 radical (unpaired) electrons. The summed E-state index contributed by atoms with van der Waals surface area (Å²) in [5.41, 5.74) is 0. The van der Waals surface area contributed by atoms with Gasteiger partial charge in [0.2, 0.25) is 0 Å². The first-order chi connectivity index (χ1) is 7.40. The summed E-state index contributed by atoms with van der Waals surface area (Å²) < 4.78 is 44.6. The molecular formula is C8H11BF4SSe2. The summed E-state index contributed by atoms with van der Waals surface area (Å²) in [4.78, 5) is 0. The topological polar surface area (TPSA) is 0 Å². The minimum absolute atomic E-state index is 0.826. The summed E-state index contributed by atoms with van der Waals surface area (Å²) in [7, 11) is -6.00. The van der Waals surface area contributed by atoms with Crippen molar-refractivity contribution in [1.82, 2.24) is 0 Å². The molecular weight excluding hydrogens is 373 g/mol. The molecule has 1 aliphatic rings. The monoisotopic (exact) mass is 386 g/mol. The average molecular weight is 384 g/mol. The molecule has 92 valence electrons. The molecule has 1 aromatic rings. The molecule has 0 N–H and O–H groups in total. The maximum atomic E-state index is 9.75. The van der Waals surface area contributed by atoms with Gasteiger partial charge in [0.15, 0.2) is 0 Å². The molecule has 0 aliphatic heterocycles. The summed E-state index contributed by atoms with van der Waals surface area (Å²) in [6.07, 6.45) is 4.37. The van der Waals surface area contributed by atoms with E-state index in [0.717, 1.165) is 29.0 Å². The van der Waals surface area contributed by atoms with Crippen molar-refractivity contribution in [2.24, 2.45) is 0 Å². The van der Waals surface area contributed by atoms with E-state index in [-0.39, 0.29) is 0 Å². The van der Waals surface area contributed by atoms with Crippen LogP contribution < -0.4 is 0 Å². The molecule has 1 heterocycles. The smallest absolute Gasteiger partial charge is 0.418 e. The van der Waals surface area contributed by atoms with Gasteiger partial charge >= 0.3 is 91.5 Å². The van der Waals surface area contributed by atoms with E-state index in [1.165, 1.54) is 25.0 Å². The second kappa shape index (κ2) is 6.65. The molecule has 0 spiro atoms. The first-order valence-corrected chi connectivity index (χ1v) is 9.26. The largest absolute Gasteiger partial charge is 0.673 e. The Morgan fingerprint density at radius 1 is 1.31 bits per heavy atom. The maximum Gasteiger partial charge on any atom is 0.673 e. The number of halogens is 4. The van der Waals surface area contributed by atoms with Crippen LogP contribution in [0.4, 0.5) is 17.3 Å². The van der Waals surface area contributed by atoms with E-state index in [9.17, 15) is 17.3 Å². The zero-order valence-corrected chi connectivity index (χ0v) is 12.9. The number of fused-ring (bicyclic) bond motifs is 1. The Morgan fingerprint density at radius 2 is 1.94 bits per heavy atom. The van der Waals surface area contributed by atoms with Crippen molar-refractivity contribution in [3.8, 4) is 0 Å². The SMILES string of the molecule is CCSc1[se]c2c([se+]1)CCC2.F[B-](F)(F)F. The van der Waals surface area contributed by atoms with Crippen LogP contribution in [0.5, 0.6) is 0 Å². The van der Waals surface area contributed by atoms with E-state index in [0.29, 0.717) is 0 Å². The fraction of sp³-hybridized carbons (Fsp3) is 0.625. The Kier molecular flexibility index (Phi) is 6.17. The predicted octanol–water partition coefficient (Wildman–Crippen LogP) is 2.98. The van der Waals surface area contributed by atoms with Crippen molar-refractivity contribution in [2.75, 3.05) is 5.75 Å². The average Bonchev–Trinajstić information content (AvgIpc) is 2.60. The normalized spacial score (nSPS) is 14.3. The molecule has 0 saturated carbocycles. The van der Waals surface area contributed by atoms with Crippen LogP contribution in [0.3, 0.4) is 0 Å². The van der Waals surface area contributed by atoms with Crippen molar-refractivity contribution in [3.05, 3.63) is 8.87 Å².